The lowest BCUT2D eigenvalue weighted by atomic mass is 10.1. The molecule has 0 saturated carbocycles. The molecule has 0 atom stereocenters. The molecule has 3 N–H and O–H groups in total. The Kier molecular flexibility index (Phi) is 2.14. The number of hydrogen-bond donors (Lipinski definition) is 2. The van der Waals surface area contributed by atoms with Crippen LogP contribution in [0.25, 0.3) is 5.70 Å². The van der Waals surface area contributed by atoms with Crippen LogP contribution in [0.3, 0.4) is 0 Å². The summed E-state index contributed by atoms with van der Waals surface area (Å²) in [6.45, 7) is 3.51. The molecule has 0 aliphatic heterocycles. The van der Waals surface area contributed by atoms with Crippen LogP contribution in [-0.2, 0) is 0 Å². The average molecular weight is 163 g/mol. The van der Waals surface area contributed by atoms with E-state index < -0.39 is 5.97 Å². The zero-order valence-corrected chi connectivity index (χ0v) is 6.45. The van der Waals surface area contributed by atoms with Gasteiger partial charge in [0.05, 0.1) is 5.56 Å². The molecule has 0 unspecified atom stereocenters. The van der Waals surface area contributed by atoms with Crippen molar-refractivity contribution in [1.82, 2.24) is 0 Å². The second-order valence-corrected chi connectivity index (χ2v) is 2.41. The van der Waals surface area contributed by atoms with Crippen molar-refractivity contribution in [2.24, 2.45) is 5.73 Å². The fourth-order valence-electron chi connectivity index (χ4n) is 0.852. The zero-order chi connectivity index (χ0) is 9.14. The summed E-state index contributed by atoms with van der Waals surface area (Å²) in [5, 5.41) is 8.62. The fourth-order valence-corrected chi connectivity index (χ4v) is 0.852. The number of carboxylic acid groups (broad SMARTS) is 1. The highest BCUT2D eigenvalue weighted by molar-refractivity contribution is 5.88. The topological polar surface area (TPSA) is 63.3 Å². The van der Waals surface area contributed by atoms with Gasteiger partial charge in [-0.25, -0.2) is 4.79 Å². The highest BCUT2D eigenvalue weighted by Crippen LogP contribution is 2.09. The summed E-state index contributed by atoms with van der Waals surface area (Å²) in [6.07, 6.45) is 0. The normalized spacial score (nSPS) is 9.33. The molecule has 1 rings (SSSR count). The Morgan fingerprint density at radius 1 is 1.42 bits per heavy atom. The molecule has 0 radical (unpaired) electrons. The molecule has 0 bridgehead atoms. The number of carbonyl (C=O) groups is 1. The lowest BCUT2D eigenvalue weighted by Crippen LogP contribution is -1.99. The SMILES string of the molecule is C=C(N)c1cccc(C(=O)O)c1. The van der Waals surface area contributed by atoms with Crippen LogP contribution in [0.4, 0.5) is 0 Å². The summed E-state index contributed by atoms with van der Waals surface area (Å²) in [4.78, 5) is 10.5. The van der Waals surface area contributed by atoms with E-state index in [1.807, 2.05) is 0 Å². The highest BCUT2D eigenvalue weighted by atomic mass is 16.4. The summed E-state index contributed by atoms with van der Waals surface area (Å²) in [5.74, 6) is -0.960. The molecule has 3 nitrogen and oxygen atoms in total. The first-order valence-electron chi connectivity index (χ1n) is 3.39. The maximum Gasteiger partial charge on any atom is 0.335 e. The Labute approximate surface area is 70.1 Å². The third-order valence-electron chi connectivity index (χ3n) is 1.48. The van der Waals surface area contributed by atoms with Crippen LogP contribution in [0.1, 0.15) is 15.9 Å². The molecule has 0 aromatic heterocycles. The minimum Gasteiger partial charge on any atom is -0.478 e. The van der Waals surface area contributed by atoms with Crippen LogP contribution in [0.15, 0.2) is 30.8 Å². The molecule has 0 spiro atoms. The number of rotatable bonds is 2. The van der Waals surface area contributed by atoms with Crippen molar-refractivity contribution in [1.29, 1.82) is 0 Å². The predicted molar refractivity (Wildman–Crippen MR) is 46.6 cm³/mol. The van der Waals surface area contributed by atoms with E-state index in [4.69, 9.17) is 10.8 Å². The second kappa shape index (κ2) is 3.09. The minimum atomic E-state index is -0.960. The van der Waals surface area contributed by atoms with Gasteiger partial charge in [0.2, 0.25) is 0 Å². The number of benzene rings is 1. The first kappa shape index (κ1) is 8.33. The van der Waals surface area contributed by atoms with Crippen LogP contribution in [0.5, 0.6) is 0 Å². The van der Waals surface area contributed by atoms with Gasteiger partial charge in [-0.1, -0.05) is 18.7 Å². The van der Waals surface area contributed by atoms with Crippen LogP contribution in [-0.4, -0.2) is 11.1 Å². The standard InChI is InChI=1S/C9H9NO2/c1-6(10)7-3-2-4-8(5-7)9(11)12/h2-5H,1,10H2,(H,11,12). The quantitative estimate of drug-likeness (QED) is 0.691. The van der Waals surface area contributed by atoms with Crippen LogP contribution < -0.4 is 5.73 Å². The summed E-state index contributed by atoms with van der Waals surface area (Å²) < 4.78 is 0. The second-order valence-electron chi connectivity index (χ2n) is 2.41. The number of aromatic carboxylic acids is 1. The van der Waals surface area contributed by atoms with Crippen LogP contribution >= 0.6 is 0 Å². The van der Waals surface area contributed by atoms with Gasteiger partial charge in [0, 0.05) is 5.70 Å². The Hall–Kier alpha value is -1.77. The first-order chi connectivity index (χ1) is 5.61. The van der Waals surface area contributed by atoms with Gasteiger partial charge in [-0.2, -0.15) is 0 Å². The average Bonchev–Trinajstić information content (AvgIpc) is 2.04. The van der Waals surface area contributed by atoms with E-state index in [0.29, 0.717) is 11.3 Å². The van der Waals surface area contributed by atoms with E-state index >= 15 is 0 Å². The minimum absolute atomic E-state index is 0.221. The van der Waals surface area contributed by atoms with Crippen molar-refractivity contribution < 1.29 is 9.90 Å². The molecule has 1 aromatic carbocycles. The van der Waals surface area contributed by atoms with E-state index in [9.17, 15) is 4.79 Å². The third-order valence-corrected chi connectivity index (χ3v) is 1.48. The Morgan fingerprint density at radius 3 is 2.50 bits per heavy atom. The van der Waals surface area contributed by atoms with E-state index in [0.717, 1.165) is 0 Å². The molecular formula is C9H9NO2. The molecule has 0 heterocycles. The first-order valence-corrected chi connectivity index (χ1v) is 3.39. The molecule has 0 aliphatic carbocycles. The Morgan fingerprint density at radius 2 is 2.00 bits per heavy atom. The van der Waals surface area contributed by atoms with Crippen molar-refractivity contribution in [2.75, 3.05) is 0 Å². The Bertz CT molecular complexity index is 302. The van der Waals surface area contributed by atoms with E-state index in [1.165, 1.54) is 12.1 Å². The van der Waals surface area contributed by atoms with E-state index in [1.54, 1.807) is 12.1 Å². The van der Waals surface area contributed by atoms with Gasteiger partial charge in [-0.05, 0) is 17.7 Å². The van der Waals surface area contributed by atoms with E-state index in [-0.39, 0.29) is 5.56 Å². The Balaban J connectivity index is 3.12. The van der Waals surface area contributed by atoms with Gasteiger partial charge in [0.15, 0.2) is 0 Å². The predicted octanol–water partition coefficient (Wildman–Crippen LogP) is 1.31. The lowest BCUT2D eigenvalue weighted by molar-refractivity contribution is 0.0697. The molecule has 0 amide bonds. The lowest BCUT2D eigenvalue weighted by Gasteiger charge is -1.99. The largest absolute Gasteiger partial charge is 0.478 e. The van der Waals surface area contributed by atoms with Crippen molar-refractivity contribution in [3.8, 4) is 0 Å². The van der Waals surface area contributed by atoms with Crippen LogP contribution in [0, 0.1) is 0 Å². The summed E-state index contributed by atoms with van der Waals surface area (Å²) in [6, 6.07) is 6.35. The zero-order valence-electron chi connectivity index (χ0n) is 6.45. The van der Waals surface area contributed by atoms with Gasteiger partial charge in [0.25, 0.3) is 0 Å². The van der Waals surface area contributed by atoms with Crippen molar-refractivity contribution in [2.45, 2.75) is 0 Å². The molecule has 62 valence electrons. The van der Waals surface area contributed by atoms with Gasteiger partial charge in [-0.3, -0.25) is 0 Å². The molecule has 12 heavy (non-hydrogen) atoms. The van der Waals surface area contributed by atoms with Crippen molar-refractivity contribution in [3.63, 3.8) is 0 Å². The summed E-state index contributed by atoms with van der Waals surface area (Å²) in [5.41, 5.74) is 6.64. The summed E-state index contributed by atoms with van der Waals surface area (Å²) >= 11 is 0. The van der Waals surface area contributed by atoms with Gasteiger partial charge in [-0.15, -0.1) is 0 Å². The maximum absolute atomic E-state index is 10.5. The number of carboxylic acids is 1. The van der Waals surface area contributed by atoms with Crippen molar-refractivity contribution in [3.05, 3.63) is 42.0 Å². The molecule has 0 fully saturated rings. The van der Waals surface area contributed by atoms with Gasteiger partial charge < -0.3 is 10.8 Å². The van der Waals surface area contributed by atoms with Crippen LogP contribution in [0.2, 0.25) is 0 Å². The number of nitrogens with two attached hydrogens (primary N) is 1. The fraction of sp³-hybridized carbons (Fsp3) is 0. The van der Waals surface area contributed by atoms with Gasteiger partial charge >= 0.3 is 5.97 Å². The molecular weight excluding hydrogens is 154 g/mol. The maximum atomic E-state index is 10.5. The van der Waals surface area contributed by atoms with Crippen molar-refractivity contribution >= 4 is 11.7 Å². The highest BCUT2D eigenvalue weighted by Gasteiger charge is 2.02. The monoisotopic (exact) mass is 163 g/mol. The van der Waals surface area contributed by atoms with Gasteiger partial charge in [0.1, 0.15) is 0 Å². The molecule has 0 saturated heterocycles. The van der Waals surface area contributed by atoms with E-state index in [2.05, 4.69) is 6.58 Å². The molecule has 0 aliphatic rings. The molecule has 3 heteroatoms. The smallest absolute Gasteiger partial charge is 0.335 e. The molecule has 1 aromatic rings. The number of hydrogen-bond acceptors (Lipinski definition) is 2. The third kappa shape index (κ3) is 1.63. The summed E-state index contributed by atoms with van der Waals surface area (Å²) in [7, 11) is 0.